The van der Waals surface area contributed by atoms with Gasteiger partial charge in [-0.25, -0.2) is 9.59 Å². The van der Waals surface area contributed by atoms with Crippen LogP contribution in [0.25, 0.3) is 22.0 Å². The lowest BCUT2D eigenvalue weighted by molar-refractivity contribution is -0.139. The second kappa shape index (κ2) is 9.29. The molecule has 0 saturated heterocycles. The topological polar surface area (TPSA) is 91.4 Å². The molecule has 1 heterocycles. The number of hydrogen-bond acceptors (Lipinski definition) is 3. The highest BCUT2D eigenvalue weighted by molar-refractivity contribution is 5.87. The van der Waals surface area contributed by atoms with Gasteiger partial charge >= 0.3 is 12.1 Å². The molecule has 1 aliphatic rings. The van der Waals surface area contributed by atoms with Gasteiger partial charge in [-0.1, -0.05) is 61.5 Å². The van der Waals surface area contributed by atoms with Gasteiger partial charge in [-0.15, -0.1) is 0 Å². The van der Waals surface area contributed by atoms with Crippen molar-refractivity contribution in [3.05, 3.63) is 94.7 Å². The standard InChI is InChI=1S/C29H28N2O4/c1-3-18-12-13-26-24(14-18)23(17(2)30-26)15-27(28(32)33)31-29(34)35-16-25-21-10-6-4-8-19(21)20-9-5-7-11-22(20)25/h4-14,25,27,30H,3,15-16H2,1-2H3,(H,31,34)(H,32,33). The number of benzene rings is 3. The number of alkyl carbamates (subject to hydrolysis) is 1. The Morgan fingerprint density at radius 1 is 1.03 bits per heavy atom. The summed E-state index contributed by atoms with van der Waals surface area (Å²) in [5.41, 5.74) is 8.42. The molecule has 178 valence electrons. The van der Waals surface area contributed by atoms with Crippen molar-refractivity contribution < 1.29 is 19.4 Å². The number of H-pyrrole nitrogens is 1. The van der Waals surface area contributed by atoms with Crippen LogP contribution in [0.15, 0.2) is 66.7 Å². The van der Waals surface area contributed by atoms with Crippen LogP contribution in [0, 0.1) is 6.92 Å². The third-order valence-corrected chi connectivity index (χ3v) is 6.93. The average Bonchev–Trinajstić information content (AvgIpc) is 3.35. The quantitative estimate of drug-likeness (QED) is 0.331. The number of carbonyl (C=O) groups excluding carboxylic acids is 1. The molecule has 0 aliphatic heterocycles. The third kappa shape index (κ3) is 4.28. The molecule has 0 spiro atoms. The molecule has 6 nitrogen and oxygen atoms in total. The Bertz CT molecular complexity index is 1380. The molecule has 5 rings (SSSR count). The van der Waals surface area contributed by atoms with Crippen LogP contribution in [0.3, 0.4) is 0 Å². The van der Waals surface area contributed by atoms with Gasteiger partial charge in [0.15, 0.2) is 0 Å². The number of aryl methyl sites for hydroxylation is 2. The van der Waals surface area contributed by atoms with Crippen LogP contribution >= 0.6 is 0 Å². The van der Waals surface area contributed by atoms with Gasteiger partial charge in [-0.05, 0) is 58.9 Å². The predicted molar refractivity (Wildman–Crippen MR) is 136 cm³/mol. The Balaban J connectivity index is 1.31. The zero-order valence-electron chi connectivity index (χ0n) is 19.8. The van der Waals surface area contributed by atoms with E-state index in [4.69, 9.17) is 4.74 Å². The first-order chi connectivity index (χ1) is 17.0. The van der Waals surface area contributed by atoms with Crippen molar-refractivity contribution in [2.45, 2.75) is 38.6 Å². The number of aliphatic carboxylic acids is 1. The van der Waals surface area contributed by atoms with E-state index in [0.717, 1.165) is 50.8 Å². The highest BCUT2D eigenvalue weighted by Crippen LogP contribution is 2.44. The molecule has 0 radical (unpaired) electrons. The second-order valence-electron chi connectivity index (χ2n) is 9.03. The Kier molecular flexibility index (Phi) is 6.03. The third-order valence-electron chi connectivity index (χ3n) is 6.93. The van der Waals surface area contributed by atoms with E-state index in [0.29, 0.717) is 0 Å². The number of nitrogens with one attached hydrogen (secondary N) is 2. The molecule has 3 aromatic carbocycles. The molecule has 3 N–H and O–H groups in total. The summed E-state index contributed by atoms with van der Waals surface area (Å²) in [6.07, 6.45) is 0.324. The lowest BCUT2D eigenvalue weighted by atomic mass is 9.98. The van der Waals surface area contributed by atoms with Crippen LogP contribution < -0.4 is 5.32 Å². The van der Waals surface area contributed by atoms with Gasteiger partial charge in [0.1, 0.15) is 12.6 Å². The molecule has 1 aliphatic carbocycles. The van der Waals surface area contributed by atoms with Gasteiger partial charge in [-0.3, -0.25) is 0 Å². The number of hydrogen-bond donors (Lipinski definition) is 3. The number of aromatic amines is 1. The highest BCUT2D eigenvalue weighted by atomic mass is 16.5. The van der Waals surface area contributed by atoms with Crippen LogP contribution in [0.2, 0.25) is 0 Å². The van der Waals surface area contributed by atoms with Gasteiger partial charge < -0.3 is 20.1 Å². The minimum atomic E-state index is -1.10. The van der Waals surface area contributed by atoms with E-state index in [-0.39, 0.29) is 18.9 Å². The van der Waals surface area contributed by atoms with Gasteiger partial charge in [0.25, 0.3) is 0 Å². The molecule has 4 aromatic rings. The normalized spacial score (nSPS) is 13.3. The van der Waals surface area contributed by atoms with E-state index in [2.05, 4.69) is 41.5 Å². The highest BCUT2D eigenvalue weighted by Gasteiger charge is 2.30. The number of carboxylic acids is 1. The summed E-state index contributed by atoms with van der Waals surface area (Å²) in [6, 6.07) is 21.2. The summed E-state index contributed by atoms with van der Waals surface area (Å²) in [7, 11) is 0. The minimum Gasteiger partial charge on any atom is -0.480 e. The second-order valence-corrected chi connectivity index (χ2v) is 9.03. The van der Waals surface area contributed by atoms with Crippen LogP contribution in [-0.2, 0) is 22.4 Å². The number of aromatic nitrogens is 1. The largest absolute Gasteiger partial charge is 0.480 e. The lowest BCUT2D eigenvalue weighted by Gasteiger charge is -2.18. The van der Waals surface area contributed by atoms with Gasteiger partial charge in [0.05, 0.1) is 0 Å². The zero-order chi connectivity index (χ0) is 24.5. The molecule has 1 aromatic heterocycles. The number of ether oxygens (including phenoxy) is 1. The van der Waals surface area contributed by atoms with Gasteiger partial charge in [0.2, 0.25) is 0 Å². The molecule has 0 saturated carbocycles. The Morgan fingerprint density at radius 3 is 2.31 bits per heavy atom. The van der Waals surface area contributed by atoms with Crippen LogP contribution in [0.5, 0.6) is 0 Å². The first-order valence-corrected chi connectivity index (χ1v) is 11.9. The molecular weight excluding hydrogens is 440 g/mol. The zero-order valence-corrected chi connectivity index (χ0v) is 19.8. The SMILES string of the molecule is CCc1ccc2[nH]c(C)c(CC(NC(=O)OCC3c4ccccc4-c4ccccc43)C(=O)O)c2c1. The first kappa shape index (κ1) is 22.7. The molecule has 0 fully saturated rings. The van der Waals surface area contributed by atoms with E-state index >= 15 is 0 Å². The summed E-state index contributed by atoms with van der Waals surface area (Å²) in [4.78, 5) is 28.1. The van der Waals surface area contributed by atoms with Crippen LogP contribution in [0.4, 0.5) is 4.79 Å². The van der Waals surface area contributed by atoms with E-state index in [1.165, 1.54) is 5.56 Å². The summed E-state index contributed by atoms with van der Waals surface area (Å²) in [5, 5.41) is 13.4. The number of carbonyl (C=O) groups is 2. The van der Waals surface area contributed by atoms with Crippen LogP contribution in [-0.4, -0.2) is 34.8 Å². The molecule has 0 bridgehead atoms. The van der Waals surface area contributed by atoms with Crippen LogP contribution in [0.1, 0.15) is 40.8 Å². The summed E-state index contributed by atoms with van der Waals surface area (Å²) in [6.45, 7) is 4.14. The lowest BCUT2D eigenvalue weighted by Crippen LogP contribution is -2.43. The van der Waals surface area contributed by atoms with Gasteiger partial charge in [-0.2, -0.15) is 0 Å². The van der Waals surface area contributed by atoms with Gasteiger partial charge in [0, 0.05) is 28.9 Å². The Labute approximate surface area is 203 Å². The van der Waals surface area contributed by atoms with Crippen molar-refractivity contribution in [1.29, 1.82) is 0 Å². The van der Waals surface area contributed by atoms with Crippen molar-refractivity contribution in [2.24, 2.45) is 0 Å². The fourth-order valence-electron chi connectivity index (χ4n) is 5.10. The number of rotatable bonds is 7. The smallest absolute Gasteiger partial charge is 0.407 e. The van der Waals surface area contributed by atoms with Crippen molar-refractivity contribution in [1.82, 2.24) is 10.3 Å². The predicted octanol–water partition coefficient (Wildman–Crippen LogP) is 5.57. The van der Waals surface area contributed by atoms with Crippen molar-refractivity contribution in [3.8, 4) is 11.1 Å². The number of amides is 1. The maximum absolute atomic E-state index is 12.7. The Morgan fingerprint density at radius 2 is 1.69 bits per heavy atom. The molecule has 1 amide bonds. The Hall–Kier alpha value is -4.06. The summed E-state index contributed by atoms with van der Waals surface area (Å²) < 4.78 is 5.57. The molecule has 1 atom stereocenters. The van der Waals surface area contributed by atoms with E-state index in [1.54, 1.807) is 0 Å². The molecule has 35 heavy (non-hydrogen) atoms. The first-order valence-electron chi connectivity index (χ1n) is 11.9. The van der Waals surface area contributed by atoms with Crippen molar-refractivity contribution in [2.75, 3.05) is 6.61 Å². The fraction of sp³-hybridized carbons (Fsp3) is 0.241. The van der Waals surface area contributed by atoms with Crippen molar-refractivity contribution >= 4 is 23.0 Å². The summed E-state index contributed by atoms with van der Waals surface area (Å²) >= 11 is 0. The maximum Gasteiger partial charge on any atom is 0.407 e. The fourth-order valence-corrected chi connectivity index (χ4v) is 5.10. The van der Waals surface area contributed by atoms with Crippen molar-refractivity contribution in [3.63, 3.8) is 0 Å². The average molecular weight is 469 g/mol. The molecule has 6 heteroatoms. The summed E-state index contributed by atoms with van der Waals surface area (Å²) in [5.74, 6) is -1.18. The molecular formula is C29H28N2O4. The number of carboxylic acid groups (broad SMARTS) is 1. The minimum absolute atomic E-state index is 0.0836. The monoisotopic (exact) mass is 468 g/mol. The van der Waals surface area contributed by atoms with E-state index in [1.807, 2.05) is 49.4 Å². The van der Waals surface area contributed by atoms with E-state index < -0.39 is 18.1 Å². The van der Waals surface area contributed by atoms with E-state index in [9.17, 15) is 14.7 Å². The maximum atomic E-state index is 12.7. The molecule has 1 unspecified atom stereocenters. The number of fused-ring (bicyclic) bond motifs is 4.